The molecule has 0 bridgehead atoms. The maximum atomic E-state index is 11.6. The first-order chi connectivity index (χ1) is 14.3. The number of phosphoric ester groups is 1. The van der Waals surface area contributed by atoms with Crippen LogP contribution in [0.4, 0.5) is 0 Å². The van der Waals surface area contributed by atoms with E-state index in [1.165, 1.54) is 0 Å². The van der Waals surface area contributed by atoms with Crippen LogP contribution >= 0.6 is 7.82 Å². The Labute approximate surface area is 183 Å². The van der Waals surface area contributed by atoms with Gasteiger partial charge in [0.15, 0.2) is 0 Å². The first-order valence-electron chi connectivity index (χ1n) is 10.0. The van der Waals surface area contributed by atoms with E-state index in [1.807, 2.05) is 0 Å². The van der Waals surface area contributed by atoms with Crippen molar-refractivity contribution in [2.24, 2.45) is 0 Å². The standard InChI is InChI=1S/C18H41AsO10P/c1-19(2,3)5-6-28-30(20,21)29-18-17-27-16-15-26-14-13-25-12-11-24-10-9-23-8-7-22-4/h5-18H2,1-4H3,(H,20,21)/p-1. The third-order valence-corrected chi connectivity index (χ3v) is 7.60. The fourth-order valence-electron chi connectivity index (χ4n) is 1.80. The van der Waals surface area contributed by atoms with Gasteiger partial charge >= 0.3 is 111 Å². The number of hydrogen-bond acceptors (Lipinski definition) is 10. The molecule has 0 aromatic carbocycles. The van der Waals surface area contributed by atoms with E-state index in [0.717, 1.165) is 5.21 Å². The van der Waals surface area contributed by atoms with Crippen LogP contribution in [0.1, 0.15) is 0 Å². The van der Waals surface area contributed by atoms with E-state index in [-0.39, 0.29) is 19.8 Å². The second-order valence-electron chi connectivity index (χ2n) is 7.18. The van der Waals surface area contributed by atoms with Gasteiger partial charge in [-0.1, -0.05) is 0 Å². The van der Waals surface area contributed by atoms with Gasteiger partial charge in [-0.05, 0) is 0 Å². The van der Waals surface area contributed by atoms with Crippen LogP contribution in [0.3, 0.4) is 0 Å². The van der Waals surface area contributed by atoms with Crippen LogP contribution in [-0.2, 0) is 42.0 Å². The predicted molar refractivity (Wildman–Crippen MR) is 114 cm³/mol. The molecule has 0 saturated heterocycles. The van der Waals surface area contributed by atoms with E-state index in [9.17, 15) is 9.46 Å². The van der Waals surface area contributed by atoms with Gasteiger partial charge in [0.2, 0.25) is 0 Å². The average molecular weight is 522 g/mol. The third kappa shape index (κ3) is 24.7. The zero-order valence-corrected chi connectivity index (χ0v) is 21.6. The topological polar surface area (TPSA) is 114 Å². The van der Waals surface area contributed by atoms with Crippen LogP contribution in [0.25, 0.3) is 0 Å². The molecule has 0 amide bonds. The van der Waals surface area contributed by atoms with Crippen molar-refractivity contribution in [3.63, 3.8) is 0 Å². The number of methoxy groups -OCH3 is 1. The van der Waals surface area contributed by atoms with Crippen molar-refractivity contribution in [2.75, 3.05) is 93.0 Å². The van der Waals surface area contributed by atoms with E-state index in [2.05, 4.69) is 17.1 Å². The Balaban J connectivity index is 3.26. The minimum absolute atomic E-state index is 0.0724. The summed E-state index contributed by atoms with van der Waals surface area (Å²) in [6.07, 6.45) is 0. The van der Waals surface area contributed by atoms with E-state index in [0.29, 0.717) is 66.1 Å². The van der Waals surface area contributed by atoms with Crippen molar-refractivity contribution >= 4 is 21.4 Å². The molecule has 1 atom stereocenters. The number of hydrogen-bond donors (Lipinski definition) is 0. The van der Waals surface area contributed by atoms with E-state index in [4.69, 9.17) is 37.5 Å². The normalized spacial score (nSPS) is 14.2. The Morgan fingerprint density at radius 3 is 1.30 bits per heavy atom. The molecule has 0 spiro atoms. The Hall–Kier alpha value is 0.428. The van der Waals surface area contributed by atoms with Gasteiger partial charge in [-0.3, -0.25) is 0 Å². The quantitative estimate of drug-likeness (QED) is 0.111. The number of phosphoric acid groups is 1. The van der Waals surface area contributed by atoms with Crippen LogP contribution in [0, 0.1) is 0 Å². The van der Waals surface area contributed by atoms with Gasteiger partial charge in [-0.15, -0.1) is 0 Å². The number of rotatable bonds is 23. The van der Waals surface area contributed by atoms with E-state index in [1.54, 1.807) is 7.11 Å². The third-order valence-electron chi connectivity index (χ3n) is 3.41. The molecule has 1 unspecified atom stereocenters. The zero-order valence-electron chi connectivity index (χ0n) is 18.9. The summed E-state index contributed by atoms with van der Waals surface area (Å²) < 4.78 is 52.6. The number of ether oxygens (including phenoxy) is 6. The fraction of sp³-hybridized carbons (Fsp3) is 1.00. The maximum absolute atomic E-state index is 11.6. The van der Waals surface area contributed by atoms with Gasteiger partial charge in [-0.25, -0.2) is 0 Å². The van der Waals surface area contributed by atoms with Crippen molar-refractivity contribution in [1.82, 2.24) is 0 Å². The van der Waals surface area contributed by atoms with Gasteiger partial charge in [-0.2, -0.15) is 0 Å². The molecule has 0 aliphatic carbocycles. The predicted octanol–water partition coefficient (Wildman–Crippen LogP) is 1.56. The Morgan fingerprint density at radius 1 is 0.600 bits per heavy atom. The second-order valence-corrected chi connectivity index (χ2v) is 19.1. The molecule has 0 aromatic rings. The van der Waals surface area contributed by atoms with Crippen LogP contribution in [0.2, 0.25) is 22.3 Å². The molecular weight excluding hydrogens is 482 g/mol. The summed E-state index contributed by atoms with van der Waals surface area (Å²) >= 11 is -1.66. The summed E-state index contributed by atoms with van der Waals surface area (Å²) in [6.45, 7) is 5.11. The monoisotopic (exact) mass is 522 g/mol. The first-order valence-corrected chi connectivity index (χ1v) is 18.5. The molecule has 0 aromatic heterocycles. The van der Waals surface area contributed by atoms with Gasteiger partial charge in [0.25, 0.3) is 0 Å². The van der Waals surface area contributed by atoms with Crippen molar-refractivity contribution in [1.29, 1.82) is 0 Å². The fourth-order valence-corrected chi connectivity index (χ4v) is 4.14. The molecule has 0 fully saturated rings. The molecule has 0 heterocycles. The summed E-state index contributed by atoms with van der Waals surface area (Å²) in [7, 11) is -2.61. The van der Waals surface area contributed by atoms with Gasteiger partial charge in [0, 0.05) is 7.11 Å². The van der Waals surface area contributed by atoms with E-state index >= 15 is 0 Å². The van der Waals surface area contributed by atoms with Crippen LogP contribution in [0.5, 0.6) is 0 Å². The van der Waals surface area contributed by atoms with Crippen molar-refractivity contribution < 1.29 is 46.9 Å². The molecular formula is C18H40AsO10P-. The molecule has 10 nitrogen and oxygen atoms in total. The molecule has 30 heavy (non-hydrogen) atoms. The molecule has 0 N–H and O–H groups in total. The van der Waals surface area contributed by atoms with Crippen LogP contribution in [0.15, 0.2) is 0 Å². The minimum atomic E-state index is -4.24. The molecule has 0 saturated carbocycles. The van der Waals surface area contributed by atoms with Crippen molar-refractivity contribution in [2.45, 2.75) is 22.3 Å². The van der Waals surface area contributed by atoms with Crippen LogP contribution < -0.4 is 4.89 Å². The van der Waals surface area contributed by atoms with E-state index < -0.39 is 21.4 Å². The molecule has 183 valence electrons. The summed E-state index contributed by atoms with van der Waals surface area (Å²) in [5.41, 5.74) is 6.54. The molecule has 0 aliphatic heterocycles. The van der Waals surface area contributed by atoms with Gasteiger partial charge < -0.3 is 18.9 Å². The molecule has 0 aliphatic rings. The summed E-state index contributed by atoms with van der Waals surface area (Å²) in [6, 6.07) is 0. The second kappa shape index (κ2) is 20.1. The molecule has 1 radical (unpaired) electrons. The average Bonchev–Trinajstić information content (AvgIpc) is 2.65. The molecule has 12 heteroatoms. The molecule has 0 rings (SSSR count). The summed E-state index contributed by atoms with van der Waals surface area (Å²) in [5.74, 6) is 0. The summed E-state index contributed by atoms with van der Waals surface area (Å²) in [5, 5.41) is 0.794. The van der Waals surface area contributed by atoms with Crippen molar-refractivity contribution in [3.05, 3.63) is 0 Å². The van der Waals surface area contributed by atoms with Crippen molar-refractivity contribution in [3.8, 4) is 0 Å². The SMILES string of the molecule is COCCOCCOCCOCCOCCOCCOP(=O)([O-])OCC[As](C)(C)C. The summed E-state index contributed by atoms with van der Waals surface area (Å²) in [4.78, 5) is 11.6. The Bertz CT molecular complexity index is 422. The van der Waals surface area contributed by atoms with Crippen LogP contribution in [-0.4, -0.2) is 107 Å². The Kier molecular flexibility index (Phi) is 20.4. The van der Waals surface area contributed by atoms with Gasteiger partial charge in [0.1, 0.15) is 0 Å². The Morgan fingerprint density at radius 2 is 0.933 bits per heavy atom. The van der Waals surface area contributed by atoms with Gasteiger partial charge in [0.05, 0.1) is 46.2 Å². The zero-order chi connectivity index (χ0) is 22.6. The first kappa shape index (κ1) is 30.4.